The molecule has 0 radical (unpaired) electrons. The van der Waals surface area contributed by atoms with Crippen molar-refractivity contribution < 1.29 is 14.5 Å². The molecule has 0 fully saturated rings. The summed E-state index contributed by atoms with van der Waals surface area (Å²) in [5.74, 6) is 0.458. The summed E-state index contributed by atoms with van der Waals surface area (Å²) in [6, 6.07) is 12.9. The lowest BCUT2D eigenvalue weighted by molar-refractivity contribution is -0.396. The van der Waals surface area contributed by atoms with E-state index in [2.05, 4.69) is 9.97 Å². The second-order valence-corrected chi connectivity index (χ2v) is 6.95. The van der Waals surface area contributed by atoms with Crippen LogP contribution in [-0.4, -0.2) is 31.8 Å². The highest BCUT2D eigenvalue weighted by atomic mass is 16.6. The van der Waals surface area contributed by atoms with Crippen molar-refractivity contribution in [2.24, 2.45) is 0 Å². The summed E-state index contributed by atoms with van der Waals surface area (Å²) in [7, 11) is 0. The van der Waals surface area contributed by atoms with Crippen LogP contribution >= 0.6 is 0 Å². The smallest absolute Gasteiger partial charge is 0.434 e. The molecule has 0 unspecified atom stereocenters. The SMILES string of the molecule is O=C1c2ccccc2-c2nccc3c(OCCCn4ccnc4[N+](=O)[O-])ccc1c23. The zero-order valence-corrected chi connectivity index (χ0v) is 15.8. The number of benzene rings is 2. The number of imidazole rings is 1. The second kappa shape index (κ2) is 7.07. The molecule has 0 saturated carbocycles. The molecule has 0 atom stereocenters. The number of nitro groups is 1. The molecular formula is C22H16N4O4. The van der Waals surface area contributed by atoms with Crippen LogP contribution in [0.4, 0.5) is 5.95 Å². The maximum Gasteiger partial charge on any atom is 0.434 e. The highest BCUT2D eigenvalue weighted by Gasteiger charge is 2.26. The van der Waals surface area contributed by atoms with Crippen LogP contribution in [0.5, 0.6) is 5.75 Å². The number of carbonyl (C=O) groups is 1. The van der Waals surface area contributed by atoms with Crippen LogP contribution in [0.1, 0.15) is 22.3 Å². The van der Waals surface area contributed by atoms with E-state index in [1.165, 1.54) is 10.8 Å². The second-order valence-electron chi connectivity index (χ2n) is 6.95. The van der Waals surface area contributed by atoms with E-state index in [0.717, 1.165) is 22.0 Å². The van der Waals surface area contributed by atoms with Crippen LogP contribution in [0.15, 0.2) is 61.1 Å². The fraction of sp³-hybridized carbons (Fsp3) is 0.136. The Morgan fingerprint density at radius 1 is 1.00 bits per heavy atom. The third kappa shape index (κ3) is 2.81. The molecule has 8 nitrogen and oxygen atoms in total. The predicted octanol–water partition coefficient (Wildman–Crippen LogP) is 4.02. The molecule has 1 aliphatic carbocycles. The molecule has 2 aromatic carbocycles. The summed E-state index contributed by atoms with van der Waals surface area (Å²) >= 11 is 0. The Hall–Kier alpha value is -4.07. The topological polar surface area (TPSA) is 100 Å². The molecular weight excluding hydrogens is 384 g/mol. The highest BCUT2D eigenvalue weighted by Crippen LogP contribution is 2.40. The molecule has 1 aliphatic rings. The van der Waals surface area contributed by atoms with Gasteiger partial charge >= 0.3 is 5.95 Å². The van der Waals surface area contributed by atoms with E-state index < -0.39 is 4.92 Å². The Kier molecular flexibility index (Phi) is 4.24. The Morgan fingerprint density at radius 2 is 1.83 bits per heavy atom. The number of aromatic nitrogens is 3. The van der Waals surface area contributed by atoms with Gasteiger partial charge in [0.05, 0.1) is 18.8 Å². The maximum absolute atomic E-state index is 13.0. The Morgan fingerprint density at radius 3 is 2.67 bits per heavy atom. The largest absolute Gasteiger partial charge is 0.493 e. The van der Waals surface area contributed by atoms with E-state index in [-0.39, 0.29) is 11.7 Å². The van der Waals surface area contributed by atoms with Gasteiger partial charge in [-0.3, -0.25) is 9.78 Å². The molecule has 0 bridgehead atoms. The number of ketones is 1. The number of rotatable bonds is 6. The minimum atomic E-state index is -0.505. The number of pyridine rings is 1. The normalized spacial score (nSPS) is 12.1. The van der Waals surface area contributed by atoms with Gasteiger partial charge in [0.1, 0.15) is 18.1 Å². The van der Waals surface area contributed by atoms with Crippen molar-refractivity contribution in [3.63, 3.8) is 0 Å². The lowest BCUT2D eigenvalue weighted by Crippen LogP contribution is -2.11. The lowest BCUT2D eigenvalue weighted by Gasteiger charge is -2.20. The van der Waals surface area contributed by atoms with Gasteiger partial charge in [-0.1, -0.05) is 29.2 Å². The van der Waals surface area contributed by atoms with Gasteiger partial charge in [-0.25, -0.2) is 4.57 Å². The standard InChI is InChI=1S/C22H16N4O4/c27-21-15-5-2-1-4-14(15)20-19-16(8-9-23-20)18(7-6-17(19)21)30-13-3-11-25-12-10-24-22(25)26(28)29/h1-2,4-10,12H,3,11,13H2. The highest BCUT2D eigenvalue weighted by molar-refractivity contribution is 6.25. The molecule has 148 valence electrons. The molecule has 0 N–H and O–H groups in total. The van der Waals surface area contributed by atoms with Crippen LogP contribution < -0.4 is 4.74 Å². The predicted molar refractivity (Wildman–Crippen MR) is 110 cm³/mol. The number of nitrogens with zero attached hydrogens (tertiary/aromatic N) is 4. The van der Waals surface area contributed by atoms with Crippen molar-refractivity contribution in [1.29, 1.82) is 0 Å². The summed E-state index contributed by atoms with van der Waals surface area (Å²) in [5, 5.41) is 12.6. The maximum atomic E-state index is 13.0. The average molecular weight is 400 g/mol. The minimum absolute atomic E-state index is 0.0185. The van der Waals surface area contributed by atoms with Gasteiger partial charge in [0.15, 0.2) is 5.78 Å². The third-order valence-electron chi connectivity index (χ3n) is 5.22. The number of ether oxygens (including phenoxy) is 1. The van der Waals surface area contributed by atoms with Crippen molar-refractivity contribution >= 4 is 22.5 Å². The lowest BCUT2D eigenvalue weighted by atomic mass is 9.85. The minimum Gasteiger partial charge on any atom is -0.493 e. The van der Waals surface area contributed by atoms with E-state index in [0.29, 0.717) is 36.4 Å². The van der Waals surface area contributed by atoms with E-state index in [1.54, 1.807) is 24.5 Å². The first-order valence-corrected chi connectivity index (χ1v) is 9.49. The van der Waals surface area contributed by atoms with Gasteiger partial charge in [-0.15, -0.1) is 0 Å². The van der Waals surface area contributed by atoms with E-state index in [9.17, 15) is 14.9 Å². The first-order valence-electron chi connectivity index (χ1n) is 9.49. The van der Waals surface area contributed by atoms with Crippen molar-refractivity contribution in [3.05, 3.63) is 82.3 Å². The van der Waals surface area contributed by atoms with Crippen LogP contribution in [0.25, 0.3) is 22.0 Å². The van der Waals surface area contributed by atoms with E-state index in [1.807, 2.05) is 30.3 Å². The quantitative estimate of drug-likeness (QED) is 0.242. The first kappa shape index (κ1) is 18.0. The molecule has 5 rings (SSSR count). The zero-order valence-electron chi connectivity index (χ0n) is 15.8. The molecule has 0 aliphatic heterocycles. The average Bonchev–Trinajstić information content (AvgIpc) is 3.24. The Bertz CT molecular complexity index is 1310. The summed E-state index contributed by atoms with van der Waals surface area (Å²) in [6.07, 6.45) is 5.28. The van der Waals surface area contributed by atoms with Gasteiger partial charge in [-0.2, -0.15) is 0 Å². The number of aryl methyl sites for hydroxylation is 1. The zero-order chi connectivity index (χ0) is 20.7. The summed E-state index contributed by atoms with van der Waals surface area (Å²) in [4.78, 5) is 31.7. The van der Waals surface area contributed by atoms with Crippen molar-refractivity contribution in [2.45, 2.75) is 13.0 Å². The van der Waals surface area contributed by atoms with Crippen LogP contribution in [0, 0.1) is 10.1 Å². The Labute approximate surface area is 170 Å². The first-order chi connectivity index (χ1) is 14.6. The molecule has 30 heavy (non-hydrogen) atoms. The molecule has 2 aromatic heterocycles. The van der Waals surface area contributed by atoms with Gasteiger partial charge < -0.3 is 14.9 Å². The monoisotopic (exact) mass is 400 g/mol. The molecule has 0 amide bonds. The van der Waals surface area contributed by atoms with Crippen LogP contribution in [-0.2, 0) is 6.54 Å². The van der Waals surface area contributed by atoms with Crippen molar-refractivity contribution in [2.75, 3.05) is 6.61 Å². The summed E-state index contributed by atoms with van der Waals surface area (Å²) in [5.41, 5.74) is 2.87. The van der Waals surface area contributed by atoms with E-state index in [4.69, 9.17) is 4.74 Å². The van der Waals surface area contributed by atoms with Crippen LogP contribution in [0.2, 0.25) is 0 Å². The fourth-order valence-corrected chi connectivity index (χ4v) is 3.89. The third-order valence-corrected chi connectivity index (χ3v) is 5.22. The van der Waals surface area contributed by atoms with Crippen molar-refractivity contribution in [1.82, 2.24) is 14.5 Å². The van der Waals surface area contributed by atoms with Crippen molar-refractivity contribution in [3.8, 4) is 17.0 Å². The van der Waals surface area contributed by atoms with Crippen LogP contribution in [0.3, 0.4) is 0 Å². The number of hydrogen-bond acceptors (Lipinski definition) is 6. The van der Waals surface area contributed by atoms with Gasteiger partial charge in [-0.05, 0) is 23.1 Å². The summed E-state index contributed by atoms with van der Waals surface area (Å²) in [6.45, 7) is 0.789. The summed E-state index contributed by atoms with van der Waals surface area (Å²) < 4.78 is 7.46. The fourth-order valence-electron chi connectivity index (χ4n) is 3.89. The number of hydrogen-bond donors (Lipinski definition) is 0. The van der Waals surface area contributed by atoms with Gasteiger partial charge in [0.25, 0.3) is 0 Å². The molecule has 8 heteroatoms. The molecule has 0 spiro atoms. The number of carbonyl (C=O) groups excluding carboxylic acids is 1. The van der Waals surface area contributed by atoms with Gasteiger partial charge in [0, 0.05) is 40.1 Å². The van der Waals surface area contributed by atoms with E-state index >= 15 is 0 Å². The Balaban J connectivity index is 1.42. The number of fused-ring (bicyclic) bond motifs is 2. The van der Waals surface area contributed by atoms with Gasteiger partial charge in [0.2, 0.25) is 0 Å². The molecule has 2 heterocycles. The molecule has 4 aromatic rings. The molecule has 0 saturated heterocycles.